The van der Waals surface area contributed by atoms with E-state index in [1.807, 2.05) is 12.1 Å². The fraction of sp³-hybridized carbons (Fsp3) is 0.533. The van der Waals surface area contributed by atoms with E-state index in [1.165, 1.54) is 0 Å². The Labute approximate surface area is 119 Å². The van der Waals surface area contributed by atoms with Gasteiger partial charge in [0, 0.05) is 13.7 Å². The van der Waals surface area contributed by atoms with Crippen molar-refractivity contribution in [1.82, 2.24) is 10.6 Å². The lowest BCUT2D eigenvalue weighted by Crippen LogP contribution is -2.53. The topological polar surface area (TPSA) is 59.6 Å². The van der Waals surface area contributed by atoms with E-state index in [1.54, 1.807) is 26.4 Å². The minimum Gasteiger partial charge on any atom is -0.496 e. The monoisotopic (exact) mass is 278 g/mol. The second-order valence-electron chi connectivity index (χ2n) is 5.13. The quantitative estimate of drug-likeness (QED) is 0.821. The molecule has 5 nitrogen and oxygen atoms in total. The highest BCUT2D eigenvalue weighted by Crippen LogP contribution is 2.20. The Kier molecular flexibility index (Phi) is 4.98. The summed E-state index contributed by atoms with van der Waals surface area (Å²) in [6.07, 6.45) is 2.11. The van der Waals surface area contributed by atoms with Crippen molar-refractivity contribution in [2.24, 2.45) is 0 Å². The van der Waals surface area contributed by atoms with Gasteiger partial charge in [0.15, 0.2) is 0 Å². The van der Waals surface area contributed by atoms with E-state index in [0.29, 0.717) is 24.5 Å². The first-order valence-electron chi connectivity index (χ1n) is 6.86. The molecule has 110 valence electrons. The third-order valence-electron chi connectivity index (χ3n) is 3.69. The number of hydrogen-bond acceptors (Lipinski definition) is 4. The van der Waals surface area contributed by atoms with Crippen molar-refractivity contribution < 1.29 is 14.3 Å². The summed E-state index contributed by atoms with van der Waals surface area (Å²) in [6, 6.07) is 7.23. The van der Waals surface area contributed by atoms with E-state index in [-0.39, 0.29) is 11.4 Å². The minimum atomic E-state index is -0.146. The van der Waals surface area contributed by atoms with E-state index in [4.69, 9.17) is 9.47 Å². The maximum atomic E-state index is 12.3. The number of nitrogens with one attached hydrogen (secondary N) is 2. The van der Waals surface area contributed by atoms with Crippen molar-refractivity contribution in [3.63, 3.8) is 0 Å². The molecule has 0 bridgehead atoms. The second kappa shape index (κ2) is 6.72. The number of carbonyl (C=O) groups excluding carboxylic acids is 1. The highest BCUT2D eigenvalue weighted by Gasteiger charge is 2.33. The molecular weight excluding hydrogens is 256 g/mol. The lowest BCUT2D eigenvalue weighted by Gasteiger charge is -2.29. The third-order valence-corrected chi connectivity index (χ3v) is 3.69. The molecule has 5 heteroatoms. The van der Waals surface area contributed by atoms with Crippen LogP contribution in [0.5, 0.6) is 5.75 Å². The van der Waals surface area contributed by atoms with Gasteiger partial charge in [-0.3, -0.25) is 4.79 Å². The van der Waals surface area contributed by atoms with Crippen molar-refractivity contribution in [3.8, 4) is 5.75 Å². The standard InChI is InChI=1S/C15H22N2O3/c1-19-11-15(8-5-9-17-15)10-16-14(18)12-6-3-4-7-13(12)20-2/h3-4,6-7,17H,5,8-11H2,1-2H3,(H,16,18). The fourth-order valence-electron chi connectivity index (χ4n) is 2.65. The maximum absolute atomic E-state index is 12.3. The summed E-state index contributed by atoms with van der Waals surface area (Å²) in [5, 5.41) is 6.42. The van der Waals surface area contributed by atoms with Crippen LogP contribution in [-0.4, -0.2) is 45.4 Å². The highest BCUT2D eigenvalue weighted by molar-refractivity contribution is 5.96. The SMILES string of the molecule is COCC1(CNC(=O)c2ccccc2OC)CCCN1. The number of hydrogen-bond donors (Lipinski definition) is 2. The minimum absolute atomic E-state index is 0.119. The summed E-state index contributed by atoms with van der Waals surface area (Å²) in [4.78, 5) is 12.3. The van der Waals surface area contributed by atoms with Crippen LogP contribution >= 0.6 is 0 Å². The normalized spacial score (nSPS) is 21.7. The van der Waals surface area contributed by atoms with Crippen molar-refractivity contribution in [2.45, 2.75) is 18.4 Å². The van der Waals surface area contributed by atoms with Gasteiger partial charge in [-0.05, 0) is 31.5 Å². The molecule has 1 atom stereocenters. The van der Waals surface area contributed by atoms with Crippen molar-refractivity contribution in [1.29, 1.82) is 0 Å². The van der Waals surface area contributed by atoms with Crippen LogP contribution in [0.3, 0.4) is 0 Å². The van der Waals surface area contributed by atoms with Crippen LogP contribution in [0.1, 0.15) is 23.2 Å². The highest BCUT2D eigenvalue weighted by atomic mass is 16.5. The Morgan fingerprint density at radius 2 is 2.20 bits per heavy atom. The summed E-state index contributed by atoms with van der Waals surface area (Å²) in [5.74, 6) is 0.469. The van der Waals surface area contributed by atoms with Crippen LogP contribution in [0.2, 0.25) is 0 Å². The molecular formula is C15H22N2O3. The first kappa shape index (κ1) is 14.8. The van der Waals surface area contributed by atoms with Crippen LogP contribution in [0.15, 0.2) is 24.3 Å². The van der Waals surface area contributed by atoms with Crippen LogP contribution in [0.4, 0.5) is 0 Å². The molecule has 1 unspecified atom stereocenters. The lowest BCUT2D eigenvalue weighted by atomic mass is 9.98. The predicted octanol–water partition coefficient (Wildman–Crippen LogP) is 1.19. The largest absolute Gasteiger partial charge is 0.496 e. The average molecular weight is 278 g/mol. The molecule has 0 aromatic heterocycles. The molecule has 1 fully saturated rings. The number of para-hydroxylation sites is 1. The Bertz CT molecular complexity index is 456. The van der Waals surface area contributed by atoms with E-state index in [0.717, 1.165) is 19.4 Å². The van der Waals surface area contributed by atoms with E-state index >= 15 is 0 Å². The van der Waals surface area contributed by atoms with Gasteiger partial charge in [-0.25, -0.2) is 0 Å². The Morgan fingerprint density at radius 1 is 1.40 bits per heavy atom. The second-order valence-corrected chi connectivity index (χ2v) is 5.13. The first-order chi connectivity index (χ1) is 9.71. The van der Waals surface area contributed by atoms with Crippen molar-refractivity contribution in [3.05, 3.63) is 29.8 Å². The Hall–Kier alpha value is -1.59. The molecule has 0 radical (unpaired) electrons. The van der Waals surface area contributed by atoms with Gasteiger partial charge < -0.3 is 20.1 Å². The zero-order chi connectivity index (χ0) is 14.4. The number of methoxy groups -OCH3 is 2. The molecule has 1 aromatic rings. The average Bonchev–Trinajstić information content (AvgIpc) is 2.94. The Morgan fingerprint density at radius 3 is 2.85 bits per heavy atom. The van der Waals surface area contributed by atoms with Crippen LogP contribution < -0.4 is 15.4 Å². The molecule has 1 amide bonds. The Balaban J connectivity index is 2.00. The molecule has 0 saturated carbocycles. The number of carbonyl (C=O) groups is 1. The number of rotatable bonds is 6. The lowest BCUT2D eigenvalue weighted by molar-refractivity contribution is 0.0889. The molecule has 1 saturated heterocycles. The molecule has 1 heterocycles. The van der Waals surface area contributed by atoms with Crippen LogP contribution in [0, 0.1) is 0 Å². The van der Waals surface area contributed by atoms with Gasteiger partial charge in [0.05, 0.1) is 24.8 Å². The number of ether oxygens (including phenoxy) is 2. The molecule has 0 aliphatic carbocycles. The zero-order valence-electron chi connectivity index (χ0n) is 12.1. The fourth-order valence-corrected chi connectivity index (χ4v) is 2.65. The molecule has 0 spiro atoms. The molecule has 1 aromatic carbocycles. The van der Waals surface area contributed by atoms with Crippen molar-refractivity contribution >= 4 is 5.91 Å². The number of amides is 1. The van der Waals surface area contributed by atoms with Crippen molar-refractivity contribution in [2.75, 3.05) is 33.9 Å². The molecule has 2 N–H and O–H groups in total. The first-order valence-corrected chi connectivity index (χ1v) is 6.86. The van der Waals surface area contributed by atoms with Gasteiger partial charge in [-0.1, -0.05) is 12.1 Å². The third kappa shape index (κ3) is 3.29. The summed E-state index contributed by atoms with van der Waals surface area (Å²) >= 11 is 0. The van der Waals surface area contributed by atoms with Gasteiger partial charge in [-0.2, -0.15) is 0 Å². The van der Waals surface area contributed by atoms with E-state index in [9.17, 15) is 4.79 Å². The zero-order valence-corrected chi connectivity index (χ0v) is 12.1. The smallest absolute Gasteiger partial charge is 0.255 e. The van der Waals surface area contributed by atoms with E-state index < -0.39 is 0 Å². The van der Waals surface area contributed by atoms with Gasteiger partial charge in [0.25, 0.3) is 5.91 Å². The molecule has 20 heavy (non-hydrogen) atoms. The van der Waals surface area contributed by atoms with E-state index in [2.05, 4.69) is 10.6 Å². The molecule has 1 aliphatic rings. The van der Waals surface area contributed by atoms with Gasteiger partial charge >= 0.3 is 0 Å². The van der Waals surface area contributed by atoms with Gasteiger partial charge in [-0.15, -0.1) is 0 Å². The van der Waals surface area contributed by atoms with Crippen LogP contribution in [-0.2, 0) is 4.74 Å². The van der Waals surface area contributed by atoms with Crippen LogP contribution in [0.25, 0.3) is 0 Å². The van der Waals surface area contributed by atoms with Gasteiger partial charge in [0.2, 0.25) is 0 Å². The molecule has 1 aliphatic heterocycles. The summed E-state index contributed by atoms with van der Waals surface area (Å²) < 4.78 is 10.5. The molecule has 2 rings (SSSR count). The maximum Gasteiger partial charge on any atom is 0.255 e. The number of benzene rings is 1. The summed E-state index contributed by atoms with van der Waals surface area (Å²) in [7, 11) is 3.25. The summed E-state index contributed by atoms with van der Waals surface area (Å²) in [5.41, 5.74) is 0.410. The summed E-state index contributed by atoms with van der Waals surface area (Å²) in [6.45, 7) is 2.12. The predicted molar refractivity (Wildman–Crippen MR) is 77.2 cm³/mol. The van der Waals surface area contributed by atoms with Gasteiger partial charge in [0.1, 0.15) is 5.75 Å².